The Morgan fingerprint density at radius 2 is 2.12 bits per heavy atom. The van der Waals surface area contributed by atoms with E-state index < -0.39 is 47.1 Å². The standard InChI is InChI=1S/C16H14F3N3O4/c1-6(23)20-5-11-10-3-7-9(22(10)15(25)26-11)4-8(17)13-12(7)16(18,19)14(24)21(13)2/h4,10-11H,3,5H2,1-2H3,(H,20,23)/t10-,11-/m0/s1. The van der Waals surface area contributed by atoms with Crippen molar-refractivity contribution in [3.63, 3.8) is 0 Å². The summed E-state index contributed by atoms with van der Waals surface area (Å²) in [4.78, 5) is 36.8. The number of anilines is 2. The molecule has 2 atom stereocenters. The highest BCUT2D eigenvalue weighted by atomic mass is 19.3. The smallest absolute Gasteiger partial charge is 0.415 e. The summed E-state index contributed by atoms with van der Waals surface area (Å²) in [6.45, 7) is 1.30. The molecule has 26 heavy (non-hydrogen) atoms. The summed E-state index contributed by atoms with van der Waals surface area (Å²) in [6.07, 6.45) is -1.59. The maximum absolute atomic E-state index is 14.5. The molecule has 1 fully saturated rings. The lowest BCUT2D eigenvalue weighted by molar-refractivity contribution is -0.141. The highest BCUT2D eigenvalue weighted by molar-refractivity contribution is 6.08. The molecule has 3 amide bonds. The maximum Gasteiger partial charge on any atom is 0.415 e. The van der Waals surface area contributed by atoms with Crippen molar-refractivity contribution in [2.75, 3.05) is 23.4 Å². The number of rotatable bonds is 2. The van der Waals surface area contributed by atoms with Gasteiger partial charge in [-0.05, 0) is 12.0 Å². The van der Waals surface area contributed by atoms with Crippen molar-refractivity contribution in [1.29, 1.82) is 0 Å². The number of benzene rings is 1. The van der Waals surface area contributed by atoms with E-state index in [9.17, 15) is 27.6 Å². The number of carbonyl (C=O) groups excluding carboxylic acids is 3. The van der Waals surface area contributed by atoms with Crippen LogP contribution in [0.4, 0.5) is 29.3 Å². The summed E-state index contributed by atoms with van der Waals surface area (Å²) in [5, 5.41) is 2.51. The zero-order valence-corrected chi connectivity index (χ0v) is 13.8. The van der Waals surface area contributed by atoms with E-state index in [-0.39, 0.29) is 30.1 Å². The molecule has 0 bridgehead atoms. The van der Waals surface area contributed by atoms with Gasteiger partial charge in [0.05, 0.1) is 29.5 Å². The van der Waals surface area contributed by atoms with Gasteiger partial charge >= 0.3 is 17.9 Å². The lowest BCUT2D eigenvalue weighted by Crippen LogP contribution is -2.40. The Bertz CT molecular complexity index is 873. The van der Waals surface area contributed by atoms with Crippen LogP contribution < -0.4 is 15.1 Å². The molecule has 0 aliphatic carbocycles. The van der Waals surface area contributed by atoms with Crippen LogP contribution >= 0.6 is 0 Å². The topological polar surface area (TPSA) is 79.0 Å². The molecular weight excluding hydrogens is 355 g/mol. The number of likely N-dealkylation sites (N-methyl/N-ethyl adjacent to an activating group) is 1. The van der Waals surface area contributed by atoms with E-state index in [1.807, 2.05) is 0 Å². The average Bonchev–Trinajstić information content (AvgIpc) is 3.12. The molecule has 0 saturated carbocycles. The second-order valence-corrected chi connectivity index (χ2v) is 6.52. The molecule has 0 aromatic heterocycles. The predicted molar refractivity (Wildman–Crippen MR) is 82.6 cm³/mol. The van der Waals surface area contributed by atoms with Crippen LogP contribution in [-0.4, -0.2) is 43.6 Å². The van der Waals surface area contributed by atoms with Crippen LogP contribution in [0.3, 0.4) is 0 Å². The predicted octanol–water partition coefficient (Wildman–Crippen LogP) is 1.28. The first-order chi connectivity index (χ1) is 12.1. The monoisotopic (exact) mass is 369 g/mol. The minimum atomic E-state index is -3.87. The number of carbonyl (C=O) groups is 3. The Hall–Kier alpha value is -2.78. The molecule has 1 aromatic carbocycles. The minimum absolute atomic E-state index is 0.0100. The first-order valence-electron chi connectivity index (χ1n) is 7.90. The largest absolute Gasteiger partial charge is 0.442 e. The van der Waals surface area contributed by atoms with Crippen molar-refractivity contribution in [1.82, 2.24) is 5.32 Å². The van der Waals surface area contributed by atoms with Gasteiger partial charge in [0.25, 0.3) is 0 Å². The van der Waals surface area contributed by atoms with Gasteiger partial charge in [-0.15, -0.1) is 0 Å². The van der Waals surface area contributed by atoms with Crippen LogP contribution in [0, 0.1) is 5.82 Å². The third kappa shape index (κ3) is 1.98. The fourth-order valence-electron chi connectivity index (χ4n) is 3.87. The van der Waals surface area contributed by atoms with Gasteiger partial charge in [-0.25, -0.2) is 9.18 Å². The van der Waals surface area contributed by atoms with Gasteiger partial charge in [-0.1, -0.05) is 0 Å². The van der Waals surface area contributed by atoms with Crippen molar-refractivity contribution in [2.24, 2.45) is 0 Å². The van der Waals surface area contributed by atoms with E-state index in [1.165, 1.54) is 6.92 Å². The van der Waals surface area contributed by atoms with Crippen molar-refractivity contribution in [3.05, 3.63) is 23.0 Å². The summed E-state index contributed by atoms with van der Waals surface area (Å²) in [7, 11) is 1.08. The Labute approximate surface area is 145 Å². The lowest BCUT2D eigenvalue weighted by Gasteiger charge is -2.16. The third-order valence-electron chi connectivity index (χ3n) is 4.99. The van der Waals surface area contributed by atoms with Crippen molar-refractivity contribution in [3.8, 4) is 0 Å². The summed E-state index contributed by atoms with van der Waals surface area (Å²) in [6, 6.07) is 0.313. The fraction of sp³-hybridized carbons (Fsp3) is 0.438. The van der Waals surface area contributed by atoms with Gasteiger partial charge in [0.15, 0.2) is 0 Å². The number of halogens is 3. The Morgan fingerprint density at radius 3 is 2.77 bits per heavy atom. The summed E-state index contributed by atoms with van der Waals surface area (Å²) >= 11 is 0. The molecule has 0 unspecified atom stereocenters. The molecule has 1 saturated heterocycles. The zero-order valence-electron chi connectivity index (χ0n) is 13.8. The van der Waals surface area contributed by atoms with Crippen LogP contribution in [0.25, 0.3) is 0 Å². The first-order valence-corrected chi connectivity index (χ1v) is 7.90. The van der Waals surface area contributed by atoms with Crippen LogP contribution in [-0.2, 0) is 26.7 Å². The maximum atomic E-state index is 14.5. The van der Waals surface area contributed by atoms with Gasteiger partial charge in [-0.3, -0.25) is 14.5 Å². The second-order valence-electron chi connectivity index (χ2n) is 6.52. The number of ether oxygens (including phenoxy) is 1. The van der Waals surface area contributed by atoms with Crippen molar-refractivity contribution < 1.29 is 32.3 Å². The highest BCUT2D eigenvalue weighted by Crippen LogP contribution is 2.53. The summed E-state index contributed by atoms with van der Waals surface area (Å²) in [5.41, 5.74) is -1.13. The van der Waals surface area contributed by atoms with Gasteiger partial charge in [0, 0.05) is 20.0 Å². The molecule has 138 valence electrons. The molecule has 7 nitrogen and oxygen atoms in total. The van der Waals surface area contributed by atoms with E-state index in [0.717, 1.165) is 18.0 Å². The van der Waals surface area contributed by atoms with E-state index in [0.29, 0.717) is 4.90 Å². The van der Waals surface area contributed by atoms with Crippen molar-refractivity contribution >= 4 is 29.3 Å². The summed E-state index contributed by atoms with van der Waals surface area (Å²) < 4.78 is 48.6. The van der Waals surface area contributed by atoms with Gasteiger partial charge < -0.3 is 15.0 Å². The van der Waals surface area contributed by atoms with E-state index in [1.54, 1.807) is 0 Å². The first kappa shape index (κ1) is 16.7. The molecule has 10 heteroatoms. The Kier molecular flexibility index (Phi) is 3.28. The van der Waals surface area contributed by atoms with E-state index >= 15 is 0 Å². The molecule has 4 rings (SSSR count). The molecule has 1 N–H and O–H groups in total. The molecular formula is C16H14F3N3O4. The normalized spacial score (nSPS) is 25.1. The van der Waals surface area contributed by atoms with Crippen LogP contribution in [0.1, 0.15) is 18.1 Å². The second kappa shape index (κ2) is 5.12. The molecule has 0 radical (unpaired) electrons. The van der Waals surface area contributed by atoms with E-state index in [4.69, 9.17) is 4.74 Å². The number of hydrogen-bond donors (Lipinski definition) is 1. The SMILES string of the molecule is CC(=O)NC[C@@H]1OC(=O)N2c3cc(F)c4c(c3C[C@@H]12)C(F)(F)C(=O)N4C. The molecule has 3 aliphatic heterocycles. The minimum Gasteiger partial charge on any atom is -0.442 e. The van der Waals surface area contributed by atoms with Gasteiger partial charge in [0.2, 0.25) is 5.91 Å². The van der Waals surface area contributed by atoms with Crippen LogP contribution in [0.5, 0.6) is 0 Å². The van der Waals surface area contributed by atoms with Crippen LogP contribution in [0.15, 0.2) is 6.07 Å². The molecule has 3 heterocycles. The number of alkyl halides is 2. The molecule has 3 aliphatic rings. The van der Waals surface area contributed by atoms with Crippen molar-refractivity contribution in [2.45, 2.75) is 31.4 Å². The van der Waals surface area contributed by atoms with Crippen LogP contribution in [0.2, 0.25) is 0 Å². The zero-order chi connectivity index (χ0) is 19.0. The number of nitrogens with one attached hydrogen (secondary N) is 1. The van der Waals surface area contributed by atoms with Gasteiger partial charge in [-0.2, -0.15) is 8.78 Å². The third-order valence-corrected chi connectivity index (χ3v) is 4.99. The average molecular weight is 369 g/mol. The van der Waals surface area contributed by atoms with Gasteiger partial charge in [0.1, 0.15) is 11.9 Å². The number of hydrogen-bond acceptors (Lipinski definition) is 4. The Morgan fingerprint density at radius 1 is 1.42 bits per heavy atom. The number of cyclic esters (lactones) is 1. The summed E-state index contributed by atoms with van der Waals surface area (Å²) in [5.74, 6) is -6.72. The number of nitrogens with zero attached hydrogens (tertiary/aromatic N) is 2. The molecule has 0 spiro atoms. The fourth-order valence-corrected chi connectivity index (χ4v) is 3.87. The highest BCUT2D eigenvalue weighted by Gasteiger charge is 2.58. The Balaban J connectivity index is 1.81. The van der Waals surface area contributed by atoms with E-state index in [2.05, 4.69) is 5.32 Å². The lowest BCUT2D eigenvalue weighted by atomic mass is 9.96. The molecule has 1 aromatic rings. The number of amides is 3. The quantitative estimate of drug-likeness (QED) is 0.852. The number of fused-ring (bicyclic) bond motifs is 5.